The van der Waals surface area contributed by atoms with Gasteiger partial charge in [-0.15, -0.1) is 0 Å². The highest BCUT2D eigenvalue weighted by molar-refractivity contribution is 5.89. The Balaban J connectivity index is 2.66. The quantitative estimate of drug-likeness (QED) is 0.660. The minimum Gasteiger partial charge on any atom is -0.327 e. The van der Waals surface area contributed by atoms with Gasteiger partial charge in [-0.25, -0.2) is 4.98 Å². The fourth-order valence-electron chi connectivity index (χ4n) is 1.11. The standard InChI is InChI=1S/C10H14N2O/c1-8(2)6-10(13)7-12-5-4-11-9(12)3/h4-6H,7H2,1-3H3. The summed E-state index contributed by atoms with van der Waals surface area (Å²) in [5, 5.41) is 0. The first kappa shape index (κ1) is 9.71. The lowest BCUT2D eigenvalue weighted by molar-refractivity contribution is -0.115. The van der Waals surface area contributed by atoms with Gasteiger partial charge in [0.15, 0.2) is 5.78 Å². The van der Waals surface area contributed by atoms with Gasteiger partial charge in [0.1, 0.15) is 5.82 Å². The molecule has 0 N–H and O–H groups in total. The van der Waals surface area contributed by atoms with Gasteiger partial charge < -0.3 is 4.57 Å². The second-order valence-electron chi connectivity index (χ2n) is 3.29. The van der Waals surface area contributed by atoms with E-state index >= 15 is 0 Å². The molecule has 0 aliphatic heterocycles. The van der Waals surface area contributed by atoms with E-state index < -0.39 is 0 Å². The van der Waals surface area contributed by atoms with Gasteiger partial charge in [-0.3, -0.25) is 4.79 Å². The Bertz CT molecular complexity index is 332. The van der Waals surface area contributed by atoms with Crippen LogP contribution in [0.1, 0.15) is 19.7 Å². The topological polar surface area (TPSA) is 34.9 Å². The van der Waals surface area contributed by atoms with E-state index in [4.69, 9.17) is 0 Å². The number of hydrogen-bond donors (Lipinski definition) is 0. The first-order valence-electron chi connectivity index (χ1n) is 4.25. The van der Waals surface area contributed by atoms with Crippen LogP contribution in [0.5, 0.6) is 0 Å². The van der Waals surface area contributed by atoms with Gasteiger partial charge in [0, 0.05) is 12.4 Å². The molecule has 0 saturated heterocycles. The molecule has 0 atom stereocenters. The van der Waals surface area contributed by atoms with Crippen LogP contribution >= 0.6 is 0 Å². The summed E-state index contributed by atoms with van der Waals surface area (Å²) >= 11 is 0. The smallest absolute Gasteiger partial charge is 0.175 e. The number of carbonyl (C=O) groups is 1. The number of aryl methyl sites for hydroxylation is 1. The van der Waals surface area contributed by atoms with Gasteiger partial charge in [0.2, 0.25) is 0 Å². The molecule has 0 saturated carbocycles. The highest BCUT2D eigenvalue weighted by Gasteiger charge is 2.01. The molecule has 1 rings (SSSR count). The number of imidazole rings is 1. The van der Waals surface area contributed by atoms with E-state index in [0.29, 0.717) is 6.54 Å². The average molecular weight is 178 g/mol. The van der Waals surface area contributed by atoms with Crippen LogP contribution in [0.2, 0.25) is 0 Å². The van der Waals surface area contributed by atoms with E-state index in [9.17, 15) is 4.79 Å². The normalized spacial score (nSPS) is 9.77. The van der Waals surface area contributed by atoms with Crippen LogP contribution < -0.4 is 0 Å². The van der Waals surface area contributed by atoms with Crippen LogP contribution in [-0.4, -0.2) is 15.3 Å². The molecule has 0 aliphatic carbocycles. The molecule has 0 unspecified atom stereocenters. The van der Waals surface area contributed by atoms with Gasteiger partial charge in [-0.2, -0.15) is 0 Å². The molecule has 0 spiro atoms. The molecule has 0 aliphatic rings. The maximum Gasteiger partial charge on any atom is 0.175 e. The molecule has 0 amide bonds. The lowest BCUT2D eigenvalue weighted by Gasteiger charge is -2.00. The van der Waals surface area contributed by atoms with E-state index in [0.717, 1.165) is 11.4 Å². The fraction of sp³-hybridized carbons (Fsp3) is 0.400. The summed E-state index contributed by atoms with van der Waals surface area (Å²) in [6, 6.07) is 0. The lowest BCUT2D eigenvalue weighted by Crippen LogP contribution is -2.08. The van der Waals surface area contributed by atoms with E-state index in [2.05, 4.69) is 4.98 Å². The van der Waals surface area contributed by atoms with Gasteiger partial charge in [0.25, 0.3) is 0 Å². The summed E-state index contributed by atoms with van der Waals surface area (Å²) in [4.78, 5) is 15.4. The van der Waals surface area contributed by atoms with Crippen molar-refractivity contribution >= 4 is 5.78 Å². The Labute approximate surface area is 78.1 Å². The zero-order valence-electron chi connectivity index (χ0n) is 8.24. The Kier molecular flexibility index (Phi) is 3.01. The van der Waals surface area contributed by atoms with Crippen LogP contribution in [0, 0.1) is 6.92 Å². The van der Waals surface area contributed by atoms with Crippen molar-refractivity contribution in [3.63, 3.8) is 0 Å². The van der Waals surface area contributed by atoms with Crippen molar-refractivity contribution in [2.45, 2.75) is 27.3 Å². The van der Waals surface area contributed by atoms with Crippen molar-refractivity contribution in [2.75, 3.05) is 0 Å². The maximum atomic E-state index is 11.3. The average Bonchev–Trinajstić information content (AvgIpc) is 2.34. The Morgan fingerprint density at radius 1 is 1.62 bits per heavy atom. The predicted octanol–water partition coefficient (Wildman–Crippen LogP) is 1.73. The van der Waals surface area contributed by atoms with Gasteiger partial charge in [-0.05, 0) is 26.8 Å². The summed E-state index contributed by atoms with van der Waals surface area (Å²) in [6.45, 7) is 6.10. The Morgan fingerprint density at radius 3 is 2.77 bits per heavy atom. The van der Waals surface area contributed by atoms with E-state index in [1.165, 1.54) is 0 Å². The van der Waals surface area contributed by atoms with Gasteiger partial charge in [0.05, 0.1) is 6.54 Å². The van der Waals surface area contributed by atoms with Crippen molar-refractivity contribution in [3.8, 4) is 0 Å². The molecule has 0 fully saturated rings. The molecule has 0 aromatic carbocycles. The summed E-state index contributed by atoms with van der Waals surface area (Å²) in [5.74, 6) is 0.983. The van der Waals surface area contributed by atoms with Crippen LogP contribution in [0.3, 0.4) is 0 Å². The second kappa shape index (κ2) is 4.03. The SMILES string of the molecule is CC(C)=CC(=O)Cn1ccnc1C. The number of rotatable bonds is 3. The van der Waals surface area contributed by atoms with Crippen LogP contribution in [0.4, 0.5) is 0 Å². The highest BCUT2D eigenvalue weighted by Crippen LogP contribution is 1.97. The molecule has 70 valence electrons. The maximum absolute atomic E-state index is 11.3. The largest absolute Gasteiger partial charge is 0.327 e. The van der Waals surface area contributed by atoms with Crippen molar-refractivity contribution in [1.82, 2.24) is 9.55 Å². The summed E-state index contributed by atoms with van der Waals surface area (Å²) in [7, 11) is 0. The molecule has 13 heavy (non-hydrogen) atoms. The summed E-state index contributed by atoms with van der Waals surface area (Å²) < 4.78 is 1.84. The third-order valence-electron chi connectivity index (χ3n) is 1.70. The fourth-order valence-corrected chi connectivity index (χ4v) is 1.11. The lowest BCUT2D eigenvalue weighted by atomic mass is 10.2. The van der Waals surface area contributed by atoms with E-state index in [1.54, 1.807) is 12.3 Å². The van der Waals surface area contributed by atoms with Crippen LogP contribution in [-0.2, 0) is 11.3 Å². The molecule has 1 aromatic rings. The molecule has 0 bridgehead atoms. The van der Waals surface area contributed by atoms with Crippen LogP contribution in [0.15, 0.2) is 24.0 Å². The predicted molar refractivity (Wildman–Crippen MR) is 51.4 cm³/mol. The number of nitrogens with zero attached hydrogens (tertiary/aromatic N) is 2. The number of hydrogen-bond acceptors (Lipinski definition) is 2. The zero-order chi connectivity index (χ0) is 9.84. The highest BCUT2D eigenvalue weighted by atomic mass is 16.1. The Morgan fingerprint density at radius 2 is 2.31 bits per heavy atom. The van der Waals surface area contributed by atoms with Crippen LogP contribution in [0.25, 0.3) is 0 Å². The molecule has 0 radical (unpaired) electrons. The number of aromatic nitrogens is 2. The van der Waals surface area contributed by atoms with E-state index in [1.807, 2.05) is 31.5 Å². The van der Waals surface area contributed by atoms with E-state index in [-0.39, 0.29) is 5.78 Å². The minimum absolute atomic E-state index is 0.112. The van der Waals surface area contributed by atoms with Gasteiger partial charge in [-0.1, -0.05) is 5.57 Å². The molecule has 1 aromatic heterocycles. The minimum atomic E-state index is 0.112. The van der Waals surface area contributed by atoms with Crippen molar-refractivity contribution in [1.29, 1.82) is 0 Å². The molecular weight excluding hydrogens is 164 g/mol. The first-order valence-corrected chi connectivity index (χ1v) is 4.25. The third-order valence-corrected chi connectivity index (χ3v) is 1.70. The summed E-state index contributed by atoms with van der Waals surface area (Å²) in [5.41, 5.74) is 1.03. The van der Waals surface area contributed by atoms with Crippen molar-refractivity contribution < 1.29 is 4.79 Å². The number of allylic oxidation sites excluding steroid dienone is 2. The monoisotopic (exact) mass is 178 g/mol. The summed E-state index contributed by atoms with van der Waals surface area (Å²) in [6.07, 6.45) is 5.16. The molecule has 1 heterocycles. The molecular formula is C10H14N2O. The zero-order valence-corrected chi connectivity index (χ0v) is 8.24. The Hall–Kier alpha value is -1.38. The molecule has 3 nitrogen and oxygen atoms in total. The second-order valence-corrected chi connectivity index (χ2v) is 3.29. The number of carbonyl (C=O) groups excluding carboxylic acids is 1. The first-order chi connectivity index (χ1) is 6.09. The third kappa shape index (κ3) is 2.86. The number of ketones is 1. The molecule has 3 heteroatoms. The van der Waals surface area contributed by atoms with Crippen molar-refractivity contribution in [3.05, 3.63) is 29.9 Å². The van der Waals surface area contributed by atoms with Crippen molar-refractivity contribution in [2.24, 2.45) is 0 Å². The van der Waals surface area contributed by atoms with Gasteiger partial charge >= 0.3 is 0 Å².